The van der Waals surface area contributed by atoms with Crippen LogP contribution >= 0.6 is 11.3 Å². The highest BCUT2D eigenvalue weighted by Gasteiger charge is 2.26. The van der Waals surface area contributed by atoms with Crippen LogP contribution in [-0.2, 0) is 33.7 Å². The molecule has 9 nitrogen and oxygen atoms in total. The first-order valence-corrected chi connectivity index (χ1v) is 12.1. The number of esters is 2. The van der Waals surface area contributed by atoms with Crippen molar-refractivity contribution in [2.45, 2.75) is 38.6 Å². The van der Waals surface area contributed by atoms with E-state index >= 15 is 0 Å². The number of nitrogens with zero attached hydrogens (tertiary/aromatic N) is 2. The first-order valence-electron chi connectivity index (χ1n) is 11.3. The Hall–Kier alpha value is -3.79. The first-order chi connectivity index (χ1) is 17.0. The van der Waals surface area contributed by atoms with Crippen LogP contribution in [0.3, 0.4) is 0 Å². The van der Waals surface area contributed by atoms with Gasteiger partial charge in [-0.05, 0) is 42.9 Å². The molecular weight excluding hydrogens is 470 g/mol. The van der Waals surface area contributed by atoms with Crippen molar-refractivity contribution >= 4 is 34.2 Å². The van der Waals surface area contributed by atoms with Crippen molar-refractivity contribution in [3.63, 3.8) is 0 Å². The fourth-order valence-corrected chi connectivity index (χ4v) is 5.24. The van der Waals surface area contributed by atoms with E-state index in [1.54, 1.807) is 0 Å². The molecule has 1 amide bonds. The van der Waals surface area contributed by atoms with Gasteiger partial charge in [0.15, 0.2) is 12.3 Å². The number of amides is 1. The normalized spacial score (nSPS) is 12.8. The topological polar surface area (TPSA) is 117 Å². The molecule has 182 valence electrons. The van der Waals surface area contributed by atoms with E-state index < -0.39 is 24.5 Å². The van der Waals surface area contributed by atoms with Crippen LogP contribution in [0.2, 0.25) is 0 Å². The zero-order chi connectivity index (χ0) is 24.8. The predicted octanol–water partition coefficient (Wildman–Crippen LogP) is 3.20. The van der Waals surface area contributed by atoms with Crippen LogP contribution in [0.15, 0.2) is 47.3 Å². The van der Waals surface area contributed by atoms with E-state index in [0.29, 0.717) is 10.6 Å². The van der Waals surface area contributed by atoms with Crippen LogP contribution in [0.5, 0.6) is 0 Å². The van der Waals surface area contributed by atoms with Crippen molar-refractivity contribution in [1.82, 2.24) is 9.78 Å². The zero-order valence-electron chi connectivity index (χ0n) is 19.2. The highest BCUT2D eigenvalue weighted by atomic mass is 32.1. The average Bonchev–Trinajstić information content (AvgIpc) is 3.03. The lowest BCUT2D eigenvalue weighted by molar-refractivity contribution is -0.119. The van der Waals surface area contributed by atoms with Gasteiger partial charge in [0.2, 0.25) is 0 Å². The molecule has 2 aromatic heterocycles. The summed E-state index contributed by atoms with van der Waals surface area (Å²) in [7, 11) is 1.31. The number of aryl methyl sites for hydroxylation is 1. The highest BCUT2D eigenvalue weighted by molar-refractivity contribution is 7.17. The van der Waals surface area contributed by atoms with E-state index in [4.69, 9.17) is 9.47 Å². The van der Waals surface area contributed by atoms with Gasteiger partial charge < -0.3 is 14.8 Å². The number of ether oxygens (including phenoxy) is 2. The second-order valence-corrected chi connectivity index (χ2v) is 9.19. The minimum absolute atomic E-state index is 0.0913. The molecule has 0 fully saturated rings. The Morgan fingerprint density at radius 1 is 1.03 bits per heavy atom. The molecule has 0 spiro atoms. The van der Waals surface area contributed by atoms with Crippen LogP contribution in [0, 0.1) is 0 Å². The number of carbonyl (C=O) groups is 3. The second kappa shape index (κ2) is 11.1. The number of fused-ring (bicyclic) bond motifs is 1. The first kappa shape index (κ1) is 24.3. The van der Waals surface area contributed by atoms with Crippen LogP contribution in [0.1, 0.15) is 56.1 Å². The summed E-state index contributed by atoms with van der Waals surface area (Å²) in [5.74, 6) is -1.92. The summed E-state index contributed by atoms with van der Waals surface area (Å²) >= 11 is 1.36. The van der Waals surface area contributed by atoms with Crippen molar-refractivity contribution < 1.29 is 23.9 Å². The van der Waals surface area contributed by atoms with Gasteiger partial charge in [0, 0.05) is 10.9 Å². The summed E-state index contributed by atoms with van der Waals surface area (Å²) in [6.07, 6.45) is 4.69. The molecule has 0 saturated carbocycles. The van der Waals surface area contributed by atoms with Crippen molar-refractivity contribution in [2.75, 3.05) is 19.0 Å². The monoisotopic (exact) mass is 495 g/mol. The lowest BCUT2D eigenvalue weighted by Crippen LogP contribution is -2.27. The Balaban J connectivity index is 1.42. The minimum Gasteiger partial charge on any atom is -0.465 e. The molecule has 4 rings (SSSR count). The quantitative estimate of drug-likeness (QED) is 0.395. The van der Waals surface area contributed by atoms with Gasteiger partial charge in [-0.1, -0.05) is 36.8 Å². The molecular formula is C25H25N3O6S. The summed E-state index contributed by atoms with van der Waals surface area (Å²) < 4.78 is 11.2. The Bertz CT molecular complexity index is 1300. The van der Waals surface area contributed by atoms with Gasteiger partial charge in [-0.3, -0.25) is 9.59 Å². The van der Waals surface area contributed by atoms with Crippen molar-refractivity contribution in [3.05, 3.63) is 80.1 Å². The fourth-order valence-electron chi connectivity index (χ4n) is 3.94. The second-order valence-electron chi connectivity index (χ2n) is 8.08. The van der Waals surface area contributed by atoms with Crippen molar-refractivity contribution in [1.29, 1.82) is 0 Å². The van der Waals surface area contributed by atoms with Gasteiger partial charge in [-0.15, -0.1) is 11.3 Å². The molecule has 0 atom stereocenters. The van der Waals surface area contributed by atoms with E-state index in [1.807, 2.05) is 30.3 Å². The number of benzene rings is 1. The number of methoxy groups -OCH3 is 1. The Morgan fingerprint density at radius 2 is 1.80 bits per heavy atom. The number of rotatable bonds is 7. The van der Waals surface area contributed by atoms with E-state index in [9.17, 15) is 19.2 Å². The molecule has 0 saturated heterocycles. The number of thiophene rings is 1. The number of nitrogens with one attached hydrogen (secondary N) is 1. The molecule has 2 heterocycles. The van der Waals surface area contributed by atoms with Gasteiger partial charge >= 0.3 is 11.9 Å². The summed E-state index contributed by atoms with van der Waals surface area (Å²) in [5.41, 5.74) is 1.70. The molecule has 0 unspecified atom stereocenters. The minimum atomic E-state index is -0.836. The fraction of sp³-hybridized carbons (Fsp3) is 0.320. The Labute approximate surface area is 205 Å². The third-order valence-corrected chi connectivity index (χ3v) is 6.86. The van der Waals surface area contributed by atoms with Gasteiger partial charge in [-0.2, -0.15) is 5.10 Å². The standard InChI is InChI=1S/C25H25N3O6S/c1-33-25(32)22-17-10-6-3-7-11-19(17)35-23(22)26-20(29)15-34-24(31)18-12-13-21(30)28(27-18)14-16-8-4-2-5-9-16/h2,4-5,8-9,12-13H,3,6-7,10-11,14-15H2,1H3,(H,26,29). The highest BCUT2D eigenvalue weighted by Crippen LogP contribution is 2.37. The average molecular weight is 496 g/mol. The van der Waals surface area contributed by atoms with E-state index in [-0.39, 0.29) is 17.8 Å². The number of hydrogen-bond acceptors (Lipinski definition) is 8. The van der Waals surface area contributed by atoms with Crippen molar-refractivity contribution in [2.24, 2.45) is 0 Å². The smallest absolute Gasteiger partial charge is 0.359 e. The van der Waals surface area contributed by atoms with Crippen LogP contribution in [0.25, 0.3) is 0 Å². The summed E-state index contributed by atoms with van der Waals surface area (Å²) in [6.45, 7) is -0.373. The third kappa shape index (κ3) is 5.83. The van der Waals surface area contributed by atoms with Crippen LogP contribution in [0.4, 0.5) is 5.00 Å². The molecule has 3 aromatic rings. The lowest BCUT2D eigenvalue weighted by Gasteiger charge is -2.09. The van der Waals surface area contributed by atoms with Gasteiger partial charge in [0.1, 0.15) is 5.00 Å². The van der Waals surface area contributed by atoms with Gasteiger partial charge in [0.25, 0.3) is 11.5 Å². The maximum atomic E-state index is 12.5. The third-order valence-electron chi connectivity index (χ3n) is 5.65. The van der Waals surface area contributed by atoms with E-state index in [1.165, 1.54) is 30.6 Å². The van der Waals surface area contributed by atoms with E-state index in [0.717, 1.165) is 52.8 Å². The number of anilines is 1. The summed E-state index contributed by atoms with van der Waals surface area (Å²) in [4.78, 5) is 50.6. The van der Waals surface area contributed by atoms with Gasteiger partial charge in [-0.25, -0.2) is 14.3 Å². The number of carbonyl (C=O) groups excluding carboxylic acids is 3. The van der Waals surface area contributed by atoms with Crippen LogP contribution in [-0.4, -0.2) is 41.3 Å². The molecule has 0 radical (unpaired) electrons. The van der Waals surface area contributed by atoms with Crippen molar-refractivity contribution in [3.8, 4) is 0 Å². The number of hydrogen-bond donors (Lipinski definition) is 1. The van der Waals surface area contributed by atoms with Gasteiger partial charge in [0.05, 0.1) is 19.2 Å². The molecule has 35 heavy (non-hydrogen) atoms. The largest absolute Gasteiger partial charge is 0.465 e. The zero-order valence-corrected chi connectivity index (χ0v) is 20.1. The predicted molar refractivity (Wildman–Crippen MR) is 130 cm³/mol. The molecule has 1 N–H and O–H groups in total. The van der Waals surface area contributed by atoms with E-state index in [2.05, 4.69) is 10.4 Å². The lowest BCUT2D eigenvalue weighted by atomic mass is 10.1. The molecule has 10 heteroatoms. The molecule has 0 bridgehead atoms. The summed E-state index contributed by atoms with van der Waals surface area (Å²) in [5, 5.41) is 7.16. The summed E-state index contributed by atoms with van der Waals surface area (Å²) in [6, 6.07) is 11.7. The maximum Gasteiger partial charge on any atom is 0.359 e. The molecule has 1 aliphatic carbocycles. The molecule has 0 aliphatic heterocycles. The molecule has 1 aromatic carbocycles. The molecule has 1 aliphatic rings. The maximum absolute atomic E-state index is 12.5. The number of aromatic nitrogens is 2. The SMILES string of the molecule is COC(=O)c1c(NC(=O)COC(=O)c2ccc(=O)n(Cc3ccccc3)n2)sc2c1CCCCC2. The Morgan fingerprint density at radius 3 is 2.57 bits per heavy atom. The Kier molecular flexibility index (Phi) is 7.71. The van der Waals surface area contributed by atoms with Crippen LogP contribution < -0.4 is 10.9 Å².